The number of ether oxygens (including phenoxy) is 1. The van der Waals surface area contributed by atoms with Crippen LogP contribution in [0.4, 0.5) is 5.69 Å². The van der Waals surface area contributed by atoms with Gasteiger partial charge in [-0.05, 0) is 32.9 Å². The molecule has 0 aliphatic carbocycles. The molecule has 2 saturated heterocycles. The van der Waals surface area contributed by atoms with E-state index in [1.165, 1.54) is 15.4 Å². The number of benzene rings is 1. The smallest absolute Gasteiger partial charge is 0.279 e. The number of aryl methyl sites for hydroxylation is 1. The predicted molar refractivity (Wildman–Crippen MR) is 108 cm³/mol. The highest BCUT2D eigenvalue weighted by Crippen LogP contribution is 2.07. The van der Waals surface area contributed by atoms with E-state index in [0.717, 1.165) is 45.0 Å². The van der Waals surface area contributed by atoms with Crippen LogP contribution in [0.1, 0.15) is 19.4 Å². The fourth-order valence-electron chi connectivity index (χ4n) is 4.18. The maximum absolute atomic E-state index is 12.7. The first-order valence-corrected chi connectivity index (χ1v) is 10.4. The van der Waals surface area contributed by atoms with Gasteiger partial charge in [0, 0.05) is 5.69 Å². The van der Waals surface area contributed by atoms with E-state index in [1.54, 1.807) is 0 Å². The van der Waals surface area contributed by atoms with Crippen molar-refractivity contribution in [1.29, 1.82) is 0 Å². The Kier molecular flexibility index (Phi) is 7.04. The Hall–Kier alpha value is -1.96. The van der Waals surface area contributed by atoms with Crippen LogP contribution in [-0.2, 0) is 14.3 Å². The van der Waals surface area contributed by atoms with Crippen molar-refractivity contribution in [3.05, 3.63) is 29.8 Å². The molecule has 28 heavy (non-hydrogen) atoms. The monoisotopic (exact) mass is 390 g/mol. The molecule has 7 heteroatoms. The van der Waals surface area contributed by atoms with Crippen LogP contribution in [0, 0.1) is 6.92 Å². The van der Waals surface area contributed by atoms with Crippen LogP contribution in [0.5, 0.6) is 0 Å². The fraction of sp³-hybridized carbons (Fsp3) is 0.619. The van der Waals surface area contributed by atoms with Crippen molar-refractivity contribution in [3.63, 3.8) is 0 Å². The molecule has 2 heterocycles. The summed E-state index contributed by atoms with van der Waals surface area (Å²) in [7, 11) is 0. The maximum atomic E-state index is 12.7. The summed E-state index contributed by atoms with van der Waals surface area (Å²) in [6, 6.07) is 7.83. The van der Waals surface area contributed by atoms with Crippen LogP contribution in [0.3, 0.4) is 0 Å². The highest BCUT2D eigenvalue weighted by atomic mass is 16.5. The Morgan fingerprint density at radius 2 is 1.64 bits per heavy atom. The molecule has 7 nitrogen and oxygen atoms in total. The largest absolute Gasteiger partial charge is 0.364 e. The lowest BCUT2D eigenvalue weighted by Crippen LogP contribution is -3.17. The zero-order chi connectivity index (χ0) is 20.1. The quantitative estimate of drug-likeness (QED) is 0.565. The zero-order valence-corrected chi connectivity index (χ0v) is 17.3. The summed E-state index contributed by atoms with van der Waals surface area (Å²) in [4.78, 5) is 29.4. The second-order valence-electron chi connectivity index (χ2n) is 8.31. The Balaban J connectivity index is 1.39. The molecule has 1 unspecified atom stereocenters. The van der Waals surface area contributed by atoms with Gasteiger partial charge < -0.3 is 24.8 Å². The van der Waals surface area contributed by atoms with Crippen LogP contribution >= 0.6 is 0 Å². The summed E-state index contributed by atoms with van der Waals surface area (Å²) >= 11 is 0. The molecule has 2 aliphatic rings. The average molecular weight is 391 g/mol. The topological polar surface area (TPSA) is 67.5 Å². The first kappa shape index (κ1) is 20.8. The van der Waals surface area contributed by atoms with Crippen molar-refractivity contribution in [3.8, 4) is 0 Å². The van der Waals surface area contributed by atoms with Crippen LogP contribution in [-0.4, -0.2) is 81.3 Å². The lowest BCUT2D eigenvalue weighted by Gasteiger charge is -2.35. The second-order valence-corrected chi connectivity index (χ2v) is 8.31. The highest BCUT2D eigenvalue weighted by Gasteiger charge is 2.31. The van der Waals surface area contributed by atoms with Crippen molar-refractivity contribution in [1.82, 2.24) is 4.90 Å². The number of carbonyl (C=O) groups excluding carboxylic acids is 2. The first-order valence-electron chi connectivity index (χ1n) is 10.4. The number of quaternary nitrogens is 2. The molecule has 0 spiro atoms. The van der Waals surface area contributed by atoms with Gasteiger partial charge in [0.05, 0.1) is 26.2 Å². The third kappa shape index (κ3) is 6.02. The summed E-state index contributed by atoms with van der Waals surface area (Å²) in [6.07, 6.45) is 0.416. The molecule has 0 aromatic heterocycles. The number of amides is 2. The van der Waals surface area contributed by atoms with Crippen molar-refractivity contribution < 1.29 is 24.1 Å². The molecule has 3 rings (SSSR count). The fourth-order valence-corrected chi connectivity index (χ4v) is 4.18. The van der Waals surface area contributed by atoms with E-state index in [2.05, 4.69) is 19.2 Å². The minimum absolute atomic E-state index is 0.0272. The van der Waals surface area contributed by atoms with Gasteiger partial charge in [-0.3, -0.25) is 9.59 Å². The summed E-state index contributed by atoms with van der Waals surface area (Å²) in [5.74, 6) is 0.249. The Morgan fingerprint density at radius 1 is 1.04 bits per heavy atom. The van der Waals surface area contributed by atoms with Gasteiger partial charge in [-0.1, -0.05) is 17.7 Å². The third-order valence-corrected chi connectivity index (χ3v) is 5.59. The minimum Gasteiger partial charge on any atom is -0.364 e. The van der Waals surface area contributed by atoms with Gasteiger partial charge >= 0.3 is 0 Å². The van der Waals surface area contributed by atoms with Crippen molar-refractivity contribution in [2.45, 2.75) is 33.0 Å². The lowest BCUT2D eigenvalue weighted by molar-refractivity contribution is -0.908. The molecule has 2 aliphatic heterocycles. The molecule has 2 amide bonds. The molecular formula is C21H34N4O3+2. The molecule has 3 N–H and O–H groups in total. The second kappa shape index (κ2) is 9.49. The maximum Gasteiger partial charge on any atom is 0.279 e. The number of nitrogens with one attached hydrogen (secondary N) is 3. The molecule has 2 fully saturated rings. The number of anilines is 1. The van der Waals surface area contributed by atoms with Gasteiger partial charge in [-0.25, -0.2) is 0 Å². The Labute approximate surface area is 167 Å². The van der Waals surface area contributed by atoms with Gasteiger partial charge in [0.25, 0.3) is 11.8 Å². The van der Waals surface area contributed by atoms with Crippen LogP contribution in [0.25, 0.3) is 0 Å². The van der Waals surface area contributed by atoms with E-state index in [1.807, 2.05) is 36.1 Å². The van der Waals surface area contributed by atoms with Gasteiger partial charge in [-0.2, -0.15) is 0 Å². The number of hydrogen-bond acceptors (Lipinski definition) is 3. The molecular weight excluding hydrogens is 356 g/mol. The van der Waals surface area contributed by atoms with E-state index in [-0.39, 0.29) is 24.0 Å². The number of nitrogens with zero attached hydrogens (tertiary/aromatic N) is 1. The highest BCUT2D eigenvalue weighted by molar-refractivity contribution is 5.91. The molecule has 3 atom stereocenters. The van der Waals surface area contributed by atoms with E-state index in [4.69, 9.17) is 4.74 Å². The van der Waals surface area contributed by atoms with Crippen LogP contribution in [0.15, 0.2) is 24.3 Å². The van der Waals surface area contributed by atoms with E-state index in [0.29, 0.717) is 13.1 Å². The molecule has 154 valence electrons. The van der Waals surface area contributed by atoms with Gasteiger partial charge in [0.15, 0.2) is 13.1 Å². The number of rotatable bonds is 5. The molecule has 1 aromatic rings. The molecule has 1 aromatic carbocycles. The van der Waals surface area contributed by atoms with E-state index in [9.17, 15) is 9.59 Å². The van der Waals surface area contributed by atoms with Crippen LogP contribution in [0.2, 0.25) is 0 Å². The molecule has 0 radical (unpaired) electrons. The molecule has 0 bridgehead atoms. The van der Waals surface area contributed by atoms with Gasteiger partial charge in [0.2, 0.25) is 0 Å². The van der Waals surface area contributed by atoms with Gasteiger partial charge in [0.1, 0.15) is 25.3 Å². The number of carbonyl (C=O) groups is 2. The summed E-state index contributed by atoms with van der Waals surface area (Å²) < 4.78 is 5.76. The number of piperazine rings is 1. The Bertz CT molecular complexity index is 661. The summed E-state index contributed by atoms with van der Waals surface area (Å²) in [5, 5.41) is 2.96. The van der Waals surface area contributed by atoms with Crippen molar-refractivity contribution in [2.75, 3.05) is 57.7 Å². The summed E-state index contributed by atoms with van der Waals surface area (Å²) in [6.45, 7) is 12.0. The molecule has 0 saturated carbocycles. The SMILES string of the molecule is Cc1ccc(NC(=O)C[NH+]2CCN(C(=O)C[NH+]3C[C@@H](C)O[C@@H](C)C3)CC2)cc1. The summed E-state index contributed by atoms with van der Waals surface area (Å²) in [5.41, 5.74) is 2.01. The minimum atomic E-state index is 0.0272. The normalized spacial score (nSPS) is 26.1. The van der Waals surface area contributed by atoms with E-state index >= 15 is 0 Å². The van der Waals surface area contributed by atoms with Crippen molar-refractivity contribution in [2.24, 2.45) is 0 Å². The van der Waals surface area contributed by atoms with Crippen LogP contribution < -0.4 is 15.1 Å². The van der Waals surface area contributed by atoms with Crippen molar-refractivity contribution >= 4 is 17.5 Å². The standard InChI is InChI=1S/C21H32N4O3/c1-16-4-6-19(7-5-16)22-20(26)14-23-8-10-25(11-9-23)21(27)15-24-12-17(2)28-18(3)13-24/h4-7,17-18H,8-15H2,1-3H3,(H,22,26)/p+2/t17-,18+. The average Bonchev–Trinajstić information content (AvgIpc) is 2.63. The Morgan fingerprint density at radius 3 is 2.25 bits per heavy atom. The lowest BCUT2D eigenvalue weighted by atomic mass is 10.2. The first-order chi connectivity index (χ1) is 13.4. The number of morpholine rings is 1. The third-order valence-electron chi connectivity index (χ3n) is 5.59. The van der Waals surface area contributed by atoms with E-state index < -0.39 is 0 Å². The van der Waals surface area contributed by atoms with Gasteiger partial charge in [-0.15, -0.1) is 0 Å². The zero-order valence-electron chi connectivity index (χ0n) is 17.3. The number of hydrogen-bond donors (Lipinski definition) is 3. The predicted octanol–water partition coefficient (Wildman–Crippen LogP) is -1.65.